The van der Waals surface area contributed by atoms with Gasteiger partial charge in [0.25, 0.3) is 0 Å². The lowest BCUT2D eigenvalue weighted by Gasteiger charge is -2.11. The molecule has 0 radical (unpaired) electrons. The number of esters is 1. The van der Waals surface area contributed by atoms with Crippen LogP contribution in [0, 0.1) is 17.8 Å². The molecule has 1 aromatic carbocycles. The molecule has 6 nitrogen and oxygen atoms in total. The van der Waals surface area contributed by atoms with E-state index in [1.54, 1.807) is 32.3 Å². The van der Waals surface area contributed by atoms with E-state index >= 15 is 0 Å². The molecule has 0 saturated carbocycles. The van der Waals surface area contributed by atoms with Gasteiger partial charge in [-0.1, -0.05) is 37.8 Å². The average Bonchev–Trinajstić information content (AvgIpc) is 2.77. The Morgan fingerprint density at radius 1 is 1.03 bits per heavy atom. The molecule has 0 aliphatic heterocycles. The summed E-state index contributed by atoms with van der Waals surface area (Å²) < 4.78 is 4.82. The van der Waals surface area contributed by atoms with Crippen LogP contribution in [-0.2, 0) is 9.53 Å². The predicted octanol–water partition coefficient (Wildman–Crippen LogP) is 3.92. The lowest BCUT2D eigenvalue weighted by atomic mass is 10.1. The first-order valence-corrected chi connectivity index (χ1v) is 9.40. The van der Waals surface area contributed by atoms with Crippen molar-refractivity contribution in [2.75, 3.05) is 12.4 Å². The molecule has 0 spiro atoms. The van der Waals surface area contributed by atoms with E-state index in [2.05, 4.69) is 27.1 Å². The fourth-order valence-corrected chi connectivity index (χ4v) is 2.55. The van der Waals surface area contributed by atoms with E-state index < -0.39 is 5.97 Å². The maximum absolute atomic E-state index is 12.1. The monoisotopic (exact) mass is 399 g/mol. The summed E-state index contributed by atoms with van der Waals surface area (Å²) in [4.78, 5) is 32.6. The highest BCUT2D eigenvalue weighted by molar-refractivity contribution is 5.95. The number of pyridine rings is 2. The quantitative estimate of drug-likeness (QED) is 0.531. The summed E-state index contributed by atoms with van der Waals surface area (Å²) in [6, 6.07) is 14.3. The van der Waals surface area contributed by atoms with Crippen molar-refractivity contribution in [3.63, 3.8) is 0 Å². The third-order valence-corrected chi connectivity index (χ3v) is 4.22. The third-order valence-electron chi connectivity index (χ3n) is 4.22. The van der Waals surface area contributed by atoms with Crippen molar-refractivity contribution in [2.45, 2.75) is 13.8 Å². The molecule has 6 heteroatoms. The highest BCUT2D eigenvalue weighted by Crippen LogP contribution is 2.23. The molecule has 0 unspecified atom stereocenters. The Morgan fingerprint density at radius 2 is 1.77 bits per heavy atom. The molecule has 150 valence electrons. The molecular formula is C24H21N3O3. The van der Waals surface area contributed by atoms with Crippen LogP contribution < -0.4 is 5.32 Å². The number of anilines is 1. The van der Waals surface area contributed by atoms with Crippen molar-refractivity contribution in [2.24, 2.45) is 5.92 Å². The Labute approximate surface area is 175 Å². The first-order valence-electron chi connectivity index (χ1n) is 9.40. The summed E-state index contributed by atoms with van der Waals surface area (Å²) in [6.45, 7) is 3.57. The zero-order chi connectivity index (χ0) is 21.5. The Balaban J connectivity index is 1.91. The van der Waals surface area contributed by atoms with Gasteiger partial charge in [-0.05, 0) is 36.4 Å². The van der Waals surface area contributed by atoms with Crippen LogP contribution in [0.5, 0.6) is 0 Å². The number of carbonyl (C=O) groups is 2. The van der Waals surface area contributed by atoms with Crippen LogP contribution in [0.4, 0.5) is 5.82 Å². The topological polar surface area (TPSA) is 81.2 Å². The normalized spacial score (nSPS) is 10.1. The van der Waals surface area contributed by atoms with Gasteiger partial charge in [0.2, 0.25) is 5.91 Å². The minimum absolute atomic E-state index is 0.184. The minimum atomic E-state index is -0.502. The van der Waals surface area contributed by atoms with E-state index in [9.17, 15) is 9.59 Å². The Hall–Kier alpha value is -3.98. The second kappa shape index (κ2) is 9.48. The Bertz CT molecular complexity index is 1110. The van der Waals surface area contributed by atoms with Crippen molar-refractivity contribution in [1.29, 1.82) is 0 Å². The smallest absolute Gasteiger partial charge is 0.338 e. The van der Waals surface area contributed by atoms with Gasteiger partial charge in [-0.25, -0.2) is 9.78 Å². The van der Waals surface area contributed by atoms with Crippen LogP contribution in [0.15, 0.2) is 60.9 Å². The van der Waals surface area contributed by atoms with Crippen LogP contribution in [0.3, 0.4) is 0 Å². The van der Waals surface area contributed by atoms with Gasteiger partial charge in [0.15, 0.2) is 0 Å². The standard InChI is InChI=1S/C24H21N3O3/c1-16(2)23(28)27-22-14-20(24(29)30-3)13-21(26-22)19-10-8-17(9-11-19)6-7-18-5-4-12-25-15-18/h4-5,8-16H,1-3H3,(H,26,27,28). The summed E-state index contributed by atoms with van der Waals surface area (Å²) in [7, 11) is 1.31. The number of rotatable bonds is 4. The van der Waals surface area contributed by atoms with E-state index in [1.807, 2.05) is 36.4 Å². The molecule has 2 heterocycles. The number of methoxy groups -OCH3 is 1. The molecule has 3 rings (SSSR count). The molecule has 3 aromatic rings. The van der Waals surface area contributed by atoms with E-state index in [4.69, 9.17) is 4.74 Å². The van der Waals surface area contributed by atoms with Gasteiger partial charge >= 0.3 is 5.97 Å². The van der Waals surface area contributed by atoms with Crippen molar-refractivity contribution < 1.29 is 14.3 Å². The van der Waals surface area contributed by atoms with Crippen molar-refractivity contribution in [3.05, 3.63) is 77.6 Å². The van der Waals surface area contributed by atoms with Crippen LogP contribution in [0.2, 0.25) is 0 Å². The average molecular weight is 399 g/mol. The number of carbonyl (C=O) groups excluding carboxylic acids is 2. The minimum Gasteiger partial charge on any atom is -0.465 e. The predicted molar refractivity (Wildman–Crippen MR) is 115 cm³/mol. The summed E-state index contributed by atoms with van der Waals surface area (Å²) in [5.41, 5.74) is 3.30. The van der Waals surface area contributed by atoms with E-state index in [0.29, 0.717) is 17.1 Å². The lowest BCUT2D eigenvalue weighted by Crippen LogP contribution is -2.19. The number of ether oxygens (including phenoxy) is 1. The maximum Gasteiger partial charge on any atom is 0.338 e. The van der Waals surface area contributed by atoms with Gasteiger partial charge < -0.3 is 10.1 Å². The summed E-state index contributed by atoms with van der Waals surface area (Å²) in [5, 5.41) is 2.73. The van der Waals surface area contributed by atoms with Gasteiger partial charge in [-0.2, -0.15) is 0 Å². The number of hydrogen-bond acceptors (Lipinski definition) is 5. The molecule has 1 N–H and O–H groups in total. The molecule has 1 amide bonds. The number of aromatic nitrogens is 2. The molecule has 0 fully saturated rings. The Kier molecular flexibility index (Phi) is 6.56. The lowest BCUT2D eigenvalue weighted by molar-refractivity contribution is -0.118. The van der Waals surface area contributed by atoms with Crippen LogP contribution in [0.1, 0.15) is 35.3 Å². The number of amides is 1. The molecule has 2 aromatic heterocycles. The van der Waals surface area contributed by atoms with E-state index in [1.165, 1.54) is 13.2 Å². The van der Waals surface area contributed by atoms with Crippen LogP contribution in [-0.4, -0.2) is 29.0 Å². The summed E-state index contributed by atoms with van der Waals surface area (Å²) in [6.07, 6.45) is 3.41. The molecule has 0 atom stereocenters. The van der Waals surface area contributed by atoms with Crippen molar-refractivity contribution in [1.82, 2.24) is 9.97 Å². The molecule has 0 saturated heterocycles. The zero-order valence-corrected chi connectivity index (χ0v) is 17.0. The largest absolute Gasteiger partial charge is 0.465 e. The number of hydrogen-bond donors (Lipinski definition) is 1. The summed E-state index contributed by atoms with van der Waals surface area (Å²) >= 11 is 0. The van der Waals surface area contributed by atoms with Gasteiger partial charge in [0.1, 0.15) is 5.82 Å². The second-order valence-electron chi connectivity index (χ2n) is 6.83. The summed E-state index contributed by atoms with van der Waals surface area (Å²) in [5.74, 6) is 5.54. The SMILES string of the molecule is COC(=O)c1cc(NC(=O)C(C)C)nc(-c2ccc(C#Cc3cccnc3)cc2)c1. The molecule has 30 heavy (non-hydrogen) atoms. The zero-order valence-electron chi connectivity index (χ0n) is 17.0. The van der Waals surface area contributed by atoms with Gasteiger partial charge in [0, 0.05) is 35.0 Å². The molecule has 0 bridgehead atoms. The third kappa shape index (κ3) is 5.30. The fourth-order valence-electron chi connectivity index (χ4n) is 2.55. The van der Waals surface area contributed by atoms with Crippen LogP contribution in [0.25, 0.3) is 11.3 Å². The van der Waals surface area contributed by atoms with Gasteiger partial charge in [-0.3, -0.25) is 9.78 Å². The van der Waals surface area contributed by atoms with Gasteiger partial charge in [0.05, 0.1) is 18.4 Å². The van der Waals surface area contributed by atoms with E-state index in [-0.39, 0.29) is 11.8 Å². The molecule has 0 aliphatic carbocycles. The highest BCUT2D eigenvalue weighted by Gasteiger charge is 2.14. The first-order chi connectivity index (χ1) is 14.5. The number of benzene rings is 1. The number of nitrogens with zero attached hydrogens (tertiary/aromatic N) is 2. The second-order valence-corrected chi connectivity index (χ2v) is 6.83. The highest BCUT2D eigenvalue weighted by atomic mass is 16.5. The van der Waals surface area contributed by atoms with Gasteiger partial charge in [-0.15, -0.1) is 0 Å². The molecule has 0 aliphatic rings. The van der Waals surface area contributed by atoms with Crippen LogP contribution >= 0.6 is 0 Å². The van der Waals surface area contributed by atoms with Crippen molar-refractivity contribution >= 4 is 17.7 Å². The fraction of sp³-hybridized carbons (Fsp3) is 0.167. The van der Waals surface area contributed by atoms with Crippen molar-refractivity contribution in [3.8, 4) is 23.1 Å². The van der Waals surface area contributed by atoms with E-state index in [0.717, 1.165) is 16.7 Å². The molecular weight excluding hydrogens is 378 g/mol. The number of nitrogens with one attached hydrogen (secondary N) is 1. The maximum atomic E-state index is 12.1. The first kappa shape index (κ1) is 20.7. The Morgan fingerprint density at radius 3 is 2.40 bits per heavy atom.